The summed E-state index contributed by atoms with van der Waals surface area (Å²) in [6.07, 6.45) is 3.67. The van der Waals surface area contributed by atoms with Crippen LogP contribution >= 0.6 is 11.6 Å². The molecule has 0 radical (unpaired) electrons. The largest absolute Gasteiger partial charge is 0.493 e. The summed E-state index contributed by atoms with van der Waals surface area (Å²) in [6, 6.07) is 20.5. The lowest BCUT2D eigenvalue weighted by Gasteiger charge is -2.16. The Kier molecular flexibility index (Phi) is 7.37. The van der Waals surface area contributed by atoms with Crippen LogP contribution in [0.2, 0.25) is 5.02 Å². The van der Waals surface area contributed by atoms with Gasteiger partial charge in [-0.1, -0.05) is 48.0 Å². The van der Waals surface area contributed by atoms with E-state index in [9.17, 15) is 13.7 Å². The molecule has 0 saturated carbocycles. The van der Waals surface area contributed by atoms with Crippen LogP contribution in [0.4, 0.5) is 0 Å². The van der Waals surface area contributed by atoms with Crippen LogP contribution in [0.3, 0.4) is 0 Å². The van der Waals surface area contributed by atoms with Gasteiger partial charge in [0.15, 0.2) is 11.5 Å². The van der Waals surface area contributed by atoms with Crippen LogP contribution in [-0.4, -0.2) is 15.5 Å². The highest BCUT2D eigenvalue weighted by Crippen LogP contribution is 2.37. The van der Waals surface area contributed by atoms with Crippen LogP contribution in [0, 0.1) is 11.3 Å². The molecule has 7 heteroatoms. The summed E-state index contributed by atoms with van der Waals surface area (Å²) in [6.45, 7) is 3.74. The second kappa shape index (κ2) is 10.2. The lowest BCUT2D eigenvalue weighted by Crippen LogP contribution is -2.12. The maximum absolute atomic E-state index is 12.8. The van der Waals surface area contributed by atoms with Gasteiger partial charge in [-0.3, -0.25) is 0 Å². The molecule has 0 aliphatic carbocycles. The number of ether oxygens (including phenoxy) is 1. The van der Waals surface area contributed by atoms with Crippen molar-refractivity contribution in [3.63, 3.8) is 0 Å². The summed E-state index contributed by atoms with van der Waals surface area (Å²) in [5.74, 6) is 0.288. The van der Waals surface area contributed by atoms with Gasteiger partial charge in [0, 0.05) is 10.6 Å². The van der Waals surface area contributed by atoms with Crippen molar-refractivity contribution in [3.05, 3.63) is 101 Å². The molecular formula is C25H20ClNO4S. The number of benzene rings is 3. The zero-order chi connectivity index (χ0) is 23.1. The van der Waals surface area contributed by atoms with Crippen molar-refractivity contribution < 1.29 is 17.3 Å². The van der Waals surface area contributed by atoms with E-state index in [1.54, 1.807) is 24.3 Å². The first-order valence-corrected chi connectivity index (χ1v) is 11.4. The maximum atomic E-state index is 12.8. The number of nitrogens with zero attached hydrogens (tertiary/aromatic N) is 1. The van der Waals surface area contributed by atoms with Gasteiger partial charge in [-0.15, -0.1) is 6.58 Å². The van der Waals surface area contributed by atoms with Gasteiger partial charge in [0.2, 0.25) is 0 Å². The SMILES string of the molecule is C=CCc1cc(/C=C(\C#N)c2ccccc2)cc(OC)c1OS(=O)(=O)c1ccc(Cl)cc1. The number of halogens is 1. The summed E-state index contributed by atoms with van der Waals surface area (Å²) in [4.78, 5) is -0.0340. The van der Waals surface area contributed by atoms with Gasteiger partial charge in [-0.25, -0.2) is 0 Å². The van der Waals surface area contributed by atoms with Crippen molar-refractivity contribution in [3.8, 4) is 17.6 Å². The van der Waals surface area contributed by atoms with E-state index in [1.807, 2.05) is 30.3 Å². The Morgan fingerprint density at radius 1 is 1.12 bits per heavy atom. The van der Waals surface area contributed by atoms with E-state index in [1.165, 1.54) is 31.4 Å². The molecule has 0 heterocycles. The molecule has 162 valence electrons. The second-order valence-electron chi connectivity index (χ2n) is 6.73. The van der Waals surface area contributed by atoms with E-state index in [0.717, 1.165) is 5.56 Å². The molecule has 32 heavy (non-hydrogen) atoms. The van der Waals surface area contributed by atoms with Crippen LogP contribution in [0.5, 0.6) is 11.5 Å². The number of hydrogen-bond acceptors (Lipinski definition) is 5. The molecule has 0 fully saturated rings. The van der Waals surface area contributed by atoms with Crippen molar-refractivity contribution in [1.82, 2.24) is 0 Å². The highest BCUT2D eigenvalue weighted by molar-refractivity contribution is 7.87. The Balaban J connectivity index is 2.08. The molecule has 3 aromatic carbocycles. The third-order valence-electron chi connectivity index (χ3n) is 4.55. The molecule has 0 bridgehead atoms. The third kappa shape index (κ3) is 5.38. The topological polar surface area (TPSA) is 76.4 Å². The van der Waals surface area contributed by atoms with Gasteiger partial charge in [0.05, 0.1) is 18.8 Å². The van der Waals surface area contributed by atoms with E-state index >= 15 is 0 Å². The number of allylic oxidation sites excluding steroid dienone is 2. The highest BCUT2D eigenvalue weighted by atomic mass is 35.5. The number of methoxy groups -OCH3 is 1. The van der Waals surface area contributed by atoms with Gasteiger partial charge in [0.1, 0.15) is 4.90 Å². The summed E-state index contributed by atoms with van der Waals surface area (Å²) < 4.78 is 36.6. The molecule has 3 rings (SSSR count). The quantitative estimate of drug-likeness (QED) is 0.179. The summed E-state index contributed by atoms with van der Waals surface area (Å²) in [7, 11) is -2.71. The minimum atomic E-state index is -4.13. The lowest BCUT2D eigenvalue weighted by atomic mass is 10.0. The Morgan fingerprint density at radius 3 is 2.41 bits per heavy atom. The van der Waals surface area contributed by atoms with Crippen molar-refractivity contribution >= 4 is 33.4 Å². The lowest BCUT2D eigenvalue weighted by molar-refractivity contribution is 0.389. The zero-order valence-electron chi connectivity index (χ0n) is 17.3. The minimum Gasteiger partial charge on any atom is -0.493 e. The Bertz CT molecular complexity index is 1290. The average molecular weight is 466 g/mol. The number of nitriles is 1. The van der Waals surface area contributed by atoms with Crippen molar-refractivity contribution in [2.24, 2.45) is 0 Å². The summed E-state index contributed by atoms with van der Waals surface area (Å²) in [5, 5.41) is 10.0. The van der Waals surface area contributed by atoms with Gasteiger partial charge < -0.3 is 8.92 Å². The zero-order valence-corrected chi connectivity index (χ0v) is 18.9. The number of hydrogen-bond donors (Lipinski definition) is 0. The van der Waals surface area contributed by atoms with Crippen LogP contribution in [0.1, 0.15) is 16.7 Å². The molecule has 3 aromatic rings. The van der Waals surface area contributed by atoms with Crippen LogP contribution in [0.15, 0.2) is 84.3 Å². The fourth-order valence-electron chi connectivity index (χ4n) is 3.04. The molecule has 0 aromatic heterocycles. The minimum absolute atomic E-state index is 0.0340. The molecule has 0 amide bonds. The van der Waals surface area contributed by atoms with Crippen LogP contribution in [0.25, 0.3) is 11.6 Å². The monoisotopic (exact) mass is 465 g/mol. The highest BCUT2D eigenvalue weighted by Gasteiger charge is 2.22. The molecule has 0 N–H and O–H groups in total. The first kappa shape index (κ1) is 23.1. The fraction of sp³-hybridized carbons (Fsp3) is 0.0800. The Hall–Kier alpha value is -3.53. The molecule has 0 aliphatic rings. The van der Waals surface area contributed by atoms with Gasteiger partial charge in [-0.05, 0) is 60.0 Å². The van der Waals surface area contributed by atoms with Crippen molar-refractivity contribution in [2.45, 2.75) is 11.3 Å². The van der Waals surface area contributed by atoms with E-state index in [-0.39, 0.29) is 16.4 Å². The first-order chi connectivity index (χ1) is 15.4. The van der Waals surface area contributed by atoms with Crippen molar-refractivity contribution in [1.29, 1.82) is 5.26 Å². The molecule has 0 saturated heterocycles. The molecule has 0 atom stereocenters. The predicted molar refractivity (Wildman–Crippen MR) is 126 cm³/mol. The predicted octanol–water partition coefficient (Wildman–Crippen LogP) is 5.91. The van der Waals surface area contributed by atoms with E-state index in [4.69, 9.17) is 20.5 Å². The average Bonchev–Trinajstić information content (AvgIpc) is 2.79. The molecule has 5 nitrogen and oxygen atoms in total. The third-order valence-corrected chi connectivity index (χ3v) is 6.04. The van der Waals surface area contributed by atoms with Crippen molar-refractivity contribution in [2.75, 3.05) is 7.11 Å². The molecule has 0 spiro atoms. The van der Waals surface area contributed by atoms with E-state index < -0.39 is 10.1 Å². The number of rotatable bonds is 8. The second-order valence-corrected chi connectivity index (χ2v) is 8.71. The van der Waals surface area contributed by atoms with Crippen LogP contribution < -0.4 is 8.92 Å². The fourth-order valence-corrected chi connectivity index (χ4v) is 4.14. The standard InChI is InChI=1S/C25H20ClNO4S/c1-3-7-20-14-18(15-21(17-27)19-8-5-4-6-9-19)16-24(30-2)25(20)31-32(28,29)23-12-10-22(26)11-13-23/h3-6,8-16H,1,7H2,2H3/b21-15+. The Morgan fingerprint density at radius 2 is 1.81 bits per heavy atom. The normalized spacial score (nSPS) is 11.5. The first-order valence-electron chi connectivity index (χ1n) is 9.57. The molecule has 0 aliphatic heterocycles. The van der Waals surface area contributed by atoms with Gasteiger partial charge in [-0.2, -0.15) is 13.7 Å². The molecule has 0 unspecified atom stereocenters. The maximum Gasteiger partial charge on any atom is 0.339 e. The van der Waals surface area contributed by atoms with E-state index in [0.29, 0.717) is 28.1 Å². The van der Waals surface area contributed by atoms with Gasteiger partial charge >= 0.3 is 10.1 Å². The summed E-state index contributed by atoms with van der Waals surface area (Å²) in [5.41, 5.74) is 2.44. The Labute approximate surface area is 192 Å². The van der Waals surface area contributed by atoms with Gasteiger partial charge in [0.25, 0.3) is 0 Å². The van der Waals surface area contributed by atoms with E-state index in [2.05, 4.69) is 12.6 Å². The summed E-state index contributed by atoms with van der Waals surface area (Å²) >= 11 is 5.86. The molecular weight excluding hydrogens is 446 g/mol. The smallest absolute Gasteiger partial charge is 0.339 e. The van der Waals surface area contributed by atoms with Crippen LogP contribution in [-0.2, 0) is 16.5 Å².